The Labute approximate surface area is 164 Å². The highest BCUT2D eigenvalue weighted by Crippen LogP contribution is 2.26. The predicted octanol–water partition coefficient (Wildman–Crippen LogP) is 5.41. The van der Waals surface area contributed by atoms with Crippen molar-refractivity contribution in [3.63, 3.8) is 0 Å². The third-order valence-corrected chi connectivity index (χ3v) is 4.94. The summed E-state index contributed by atoms with van der Waals surface area (Å²) in [6, 6.07) is 14.6. The summed E-state index contributed by atoms with van der Waals surface area (Å²) in [5.41, 5.74) is 1.41. The van der Waals surface area contributed by atoms with E-state index in [-0.39, 0.29) is 24.5 Å². The van der Waals surface area contributed by atoms with Gasteiger partial charge in [0.15, 0.2) is 0 Å². The lowest BCUT2D eigenvalue weighted by molar-refractivity contribution is 0.0216. The zero-order valence-electron chi connectivity index (χ0n) is 13.7. The van der Waals surface area contributed by atoms with Gasteiger partial charge in [-0.25, -0.2) is 4.79 Å². The first kappa shape index (κ1) is 20.1. The Hall–Kier alpha value is -1.26. The van der Waals surface area contributed by atoms with Crippen LogP contribution in [0, 0.1) is 0 Å². The van der Waals surface area contributed by atoms with Crippen molar-refractivity contribution in [1.82, 2.24) is 4.90 Å². The fourth-order valence-electron chi connectivity index (χ4n) is 2.90. The monoisotopic (exact) mass is 399 g/mol. The van der Waals surface area contributed by atoms with Crippen LogP contribution < -0.4 is 0 Å². The van der Waals surface area contributed by atoms with Crippen LogP contribution in [0.5, 0.6) is 0 Å². The first-order valence-electron chi connectivity index (χ1n) is 8.07. The summed E-state index contributed by atoms with van der Waals surface area (Å²) < 4.78 is 5.80. The van der Waals surface area contributed by atoms with Gasteiger partial charge < -0.3 is 4.74 Å². The molecule has 0 spiro atoms. The van der Waals surface area contributed by atoms with Crippen LogP contribution in [0.1, 0.15) is 34.9 Å². The maximum atomic E-state index is 12.5. The summed E-state index contributed by atoms with van der Waals surface area (Å²) in [4.78, 5) is 14.9. The maximum Gasteiger partial charge on any atom is 0.338 e. The molecular weight excluding hydrogens is 381 g/mol. The Morgan fingerprint density at radius 1 is 1.04 bits per heavy atom. The highest BCUT2D eigenvalue weighted by Gasteiger charge is 2.23. The number of nitrogens with zero attached hydrogens (tertiary/aromatic N) is 1. The maximum absolute atomic E-state index is 12.5. The van der Waals surface area contributed by atoms with E-state index in [1.807, 2.05) is 30.3 Å². The molecule has 0 bridgehead atoms. The minimum absolute atomic E-state index is 0. The molecule has 0 amide bonds. The zero-order chi connectivity index (χ0) is 16.9. The molecule has 1 saturated heterocycles. The van der Waals surface area contributed by atoms with E-state index >= 15 is 0 Å². The second-order valence-corrected chi connectivity index (χ2v) is 6.76. The molecule has 1 unspecified atom stereocenters. The Morgan fingerprint density at radius 2 is 1.72 bits per heavy atom. The third-order valence-electron chi connectivity index (χ3n) is 4.20. The summed E-state index contributed by atoms with van der Waals surface area (Å²) in [6.45, 7) is 2.80. The number of likely N-dealkylation sites (tertiary alicyclic amines) is 1. The minimum Gasteiger partial charge on any atom is -0.453 e. The van der Waals surface area contributed by atoms with Crippen LogP contribution in [0.25, 0.3) is 0 Å². The van der Waals surface area contributed by atoms with Crippen molar-refractivity contribution in [2.24, 2.45) is 0 Å². The highest BCUT2D eigenvalue weighted by molar-refractivity contribution is 6.42. The lowest BCUT2D eigenvalue weighted by atomic mass is 10.1. The molecule has 0 radical (unpaired) electrons. The SMILES string of the molecule is Cl.O=C(OC(CN1CCCC1)c1ccccc1)c1ccc(Cl)c(Cl)c1. The second kappa shape index (κ2) is 9.44. The van der Waals surface area contributed by atoms with Crippen molar-refractivity contribution in [2.75, 3.05) is 19.6 Å². The molecule has 2 aromatic carbocycles. The fourth-order valence-corrected chi connectivity index (χ4v) is 3.20. The summed E-state index contributed by atoms with van der Waals surface area (Å²) in [5.74, 6) is -0.387. The number of carbonyl (C=O) groups excluding carboxylic acids is 1. The average molecular weight is 401 g/mol. The molecule has 1 heterocycles. The molecule has 1 atom stereocenters. The van der Waals surface area contributed by atoms with Gasteiger partial charge in [-0.2, -0.15) is 0 Å². The van der Waals surface area contributed by atoms with Crippen molar-refractivity contribution in [3.8, 4) is 0 Å². The quantitative estimate of drug-likeness (QED) is 0.629. The molecule has 0 N–H and O–H groups in total. The standard InChI is InChI=1S/C19H19Cl2NO2.ClH/c20-16-9-8-15(12-17(16)21)19(23)24-18(13-22-10-4-5-11-22)14-6-2-1-3-7-14;/h1-3,6-9,12,18H,4-5,10-11,13H2;1H. The smallest absolute Gasteiger partial charge is 0.338 e. The molecule has 2 aromatic rings. The average Bonchev–Trinajstić information content (AvgIpc) is 3.10. The molecule has 1 fully saturated rings. The predicted molar refractivity (Wildman–Crippen MR) is 104 cm³/mol. The van der Waals surface area contributed by atoms with Gasteiger partial charge in [0.25, 0.3) is 0 Å². The Bertz CT molecular complexity index is 703. The fraction of sp³-hybridized carbons (Fsp3) is 0.316. The molecule has 3 nitrogen and oxygen atoms in total. The lowest BCUT2D eigenvalue weighted by Gasteiger charge is -2.24. The van der Waals surface area contributed by atoms with Gasteiger partial charge in [-0.1, -0.05) is 53.5 Å². The van der Waals surface area contributed by atoms with E-state index in [0.29, 0.717) is 22.2 Å². The Balaban J connectivity index is 0.00000225. The van der Waals surface area contributed by atoms with Crippen molar-refractivity contribution >= 4 is 41.6 Å². The third kappa shape index (κ3) is 5.35. The first-order valence-corrected chi connectivity index (χ1v) is 8.82. The highest BCUT2D eigenvalue weighted by atomic mass is 35.5. The van der Waals surface area contributed by atoms with Gasteiger partial charge in [-0.3, -0.25) is 4.90 Å². The summed E-state index contributed by atoms with van der Waals surface area (Å²) in [7, 11) is 0. The number of esters is 1. The second-order valence-electron chi connectivity index (χ2n) is 5.94. The molecular formula is C19H20Cl3NO2. The van der Waals surface area contributed by atoms with Crippen LogP contribution in [0.4, 0.5) is 0 Å². The lowest BCUT2D eigenvalue weighted by Crippen LogP contribution is -2.28. The summed E-state index contributed by atoms with van der Waals surface area (Å²) in [6.07, 6.45) is 2.09. The van der Waals surface area contributed by atoms with Gasteiger partial charge >= 0.3 is 5.97 Å². The zero-order valence-corrected chi connectivity index (χ0v) is 16.0. The number of benzene rings is 2. The molecule has 25 heavy (non-hydrogen) atoms. The normalized spacial score (nSPS) is 15.4. The van der Waals surface area contributed by atoms with Crippen LogP contribution in [0.3, 0.4) is 0 Å². The van der Waals surface area contributed by atoms with E-state index in [9.17, 15) is 4.79 Å². The van der Waals surface area contributed by atoms with E-state index in [2.05, 4.69) is 4.90 Å². The van der Waals surface area contributed by atoms with E-state index in [4.69, 9.17) is 27.9 Å². The number of hydrogen-bond donors (Lipinski definition) is 0. The molecule has 3 rings (SSSR count). The van der Waals surface area contributed by atoms with Crippen LogP contribution in [-0.4, -0.2) is 30.5 Å². The minimum atomic E-state index is -0.387. The Morgan fingerprint density at radius 3 is 2.36 bits per heavy atom. The number of halogens is 3. The summed E-state index contributed by atoms with van der Waals surface area (Å²) >= 11 is 11.9. The molecule has 6 heteroatoms. The molecule has 1 aliphatic heterocycles. The van der Waals surface area contributed by atoms with Gasteiger partial charge in [-0.15, -0.1) is 12.4 Å². The van der Waals surface area contributed by atoms with Crippen molar-refractivity contribution in [1.29, 1.82) is 0 Å². The van der Waals surface area contributed by atoms with Crippen LogP contribution in [0.15, 0.2) is 48.5 Å². The number of rotatable bonds is 5. The van der Waals surface area contributed by atoms with E-state index in [1.54, 1.807) is 18.2 Å². The topological polar surface area (TPSA) is 29.5 Å². The molecule has 0 saturated carbocycles. The van der Waals surface area contributed by atoms with Gasteiger partial charge in [-0.05, 0) is 49.7 Å². The Kier molecular flexibility index (Phi) is 7.57. The van der Waals surface area contributed by atoms with E-state index < -0.39 is 0 Å². The van der Waals surface area contributed by atoms with Gasteiger partial charge in [0, 0.05) is 6.54 Å². The van der Waals surface area contributed by atoms with Gasteiger partial charge in [0.2, 0.25) is 0 Å². The number of carbonyl (C=O) groups is 1. The van der Waals surface area contributed by atoms with Gasteiger partial charge in [0.1, 0.15) is 6.10 Å². The molecule has 0 aliphatic carbocycles. The van der Waals surface area contributed by atoms with Crippen LogP contribution in [-0.2, 0) is 4.74 Å². The molecule has 0 aromatic heterocycles. The molecule has 134 valence electrons. The molecule has 1 aliphatic rings. The van der Waals surface area contributed by atoms with Crippen molar-refractivity contribution in [2.45, 2.75) is 18.9 Å². The largest absolute Gasteiger partial charge is 0.453 e. The van der Waals surface area contributed by atoms with Crippen molar-refractivity contribution in [3.05, 3.63) is 69.7 Å². The van der Waals surface area contributed by atoms with Crippen LogP contribution in [0.2, 0.25) is 10.0 Å². The van der Waals surface area contributed by atoms with Gasteiger partial charge in [0.05, 0.1) is 15.6 Å². The summed E-state index contributed by atoms with van der Waals surface area (Å²) in [5, 5.41) is 0.770. The van der Waals surface area contributed by atoms with E-state index in [1.165, 1.54) is 12.8 Å². The van der Waals surface area contributed by atoms with Crippen LogP contribution >= 0.6 is 35.6 Å². The first-order chi connectivity index (χ1) is 11.6. The number of ether oxygens (including phenoxy) is 1. The van der Waals surface area contributed by atoms with Crippen molar-refractivity contribution < 1.29 is 9.53 Å². The van der Waals surface area contributed by atoms with E-state index in [0.717, 1.165) is 18.7 Å². The number of hydrogen-bond acceptors (Lipinski definition) is 3.